The third-order valence-corrected chi connectivity index (χ3v) is 9.42. The molecule has 0 aromatic heterocycles. The number of halogens is 9. The molecule has 0 atom stereocenters. The SMILES string of the molecule is O=S(=O)([O-])C(F)(F)C(F)(F)C(F)(F)C(F)(F)F.c1ccc([S+](c2ccccc2)c2ccc(OC3CCCCC3)cc2)cc1. The molecule has 1 saturated carbocycles. The minimum atomic E-state index is -7.43. The summed E-state index contributed by atoms with van der Waals surface area (Å²) in [7, 11) is -7.50. The molecule has 4 nitrogen and oxygen atoms in total. The Hall–Kier alpha value is -2.91. The fraction of sp³-hybridized carbons (Fsp3) is 0.357. The number of alkyl halides is 9. The molecular weight excluding hydrogens is 635 g/mol. The lowest BCUT2D eigenvalue weighted by molar-refractivity contribution is -0.382. The first-order valence-corrected chi connectivity index (χ1v) is 15.3. The van der Waals surface area contributed by atoms with Crippen LogP contribution in [-0.4, -0.2) is 42.4 Å². The zero-order valence-corrected chi connectivity index (χ0v) is 23.7. The molecule has 0 spiro atoms. The average Bonchev–Trinajstić information content (AvgIpc) is 2.95. The maximum Gasteiger partial charge on any atom is 0.460 e. The first-order chi connectivity index (χ1) is 19.9. The lowest BCUT2D eigenvalue weighted by Crippen LogP contribution is -2.63. The van der Waals surface area contributed by atoms with E-state index in [1.807, 2.05) is 0 Å². The van der Waals surface area contributed by atoms with E-state index in [4.69, 9.17) is 4.74 Å². The zero-order chi connectivity index (χ0) is 32.1. The van der Waals surface area contributed by atoms with Crippen molar-refractivity contribution in [3.8, 4) is 5.75 Å². The van der Waals surface area contributed by atoms with Gasteiger partial charge in [-0.1, -0.05) is 42.8 Å². The number of ether oxygens (including phenoxy) is 1. The van der Waals surface area contributed by atoms with E-state index in [1.54, 1.807) is 0 Å². The molecule has 43 heavy (non-hydrogen) atoms. The summed E-state index contributed by atoms with van der Waals surface area (Å²) < 4.78 is 142. The predicted octanol–water partition coefficient (Wildman–Crippen LogP) is 8.45. The molecule has 3 aromatic carbocycles. The van der Waals surface area contributed by atoms with Crippen LogP contribution in [-0.2, 0) is 21.0 Å². The summed E-state index contributed by atoms with van der Waals surface area (Å²) in [5.74, 6) is -13.8. The second-order valence-corrected chi connectivity index (χ2v) is 12.8. The highest BCUT2D eigenvalue weighted by Crippen LogP contribution is 2.54. The van der Waals surface area contributed by atoms with Crippen LogP contribution in [0.4, 0.5) is 39.5 Å². The van der Waals surface area contributed by atoms with Crippen molar-refractivity contribution >= 4 is 21.0 Å². The van der Waals surface area contributed by atoms with Gasteiger partial charge in [0.1, 0.15) is 5.75 Å². The van der Waals surface area contributed by atoms with Gasteiger partial charge in [-0.3, -0.25) is 0 Å². The third-order valence-electron chi connectivity index (χ3n) is 6.30. The van der Waals surface area contributed by atoms with Gasteiger partial charge in [-0.05, 0) is 74.2 Å². The Kier molecular flexibility index (Phi) is 10.8. The van der Waals surface area contributed by atoms with Crippen LogP contribution in [0.3, 0.4) is 0 Å². The minimum absolute atomic E-state index is 0.0852. The van der Waals surface area contributed by atoms with E-state index in [-0.39, 0.29) is 10.9 Å². The van der Waals surface area contributed by atoms with Gasteiger partial charge in [-0.15, -0.1) is 0 Å². The second kappa shape index (κ2) is 13.4. The second-order valence-electron chi connectivity index (χ2n) is 9.40. The fourth-order valence-electron chi connectivity index (χ4n) is 4.07. The predicted molar refractivity (Wildman–Crippen MR) is 140 cm³/mol. The van der Waals surface area contributed by atoms with Crippen molar-refractivity contribution < 1.29 is 57.2 Å². The maximum absolute atomic E-state index is 12.2. The highest BCUT2D eigenvalue weighted by Gasteiger charge is 2.83. The zero-order valence-electron chi connectivity index (χ0n) is 22.0. The number of hydrogen-bond acceptors (Lipinski definition) is 4. The van der Waals surface area contributed by atoms with Crippen LogP contribution in [0, 0.1) is 0 Å². The average molecular weight is 661 g/mol. The highest BCUT2D eigenvalue weighted by atomic mass is 32.2. The lowest BCUT2D eigenvalue weighted by Gasteiger charge is -2.34. The Morgan fingerprint density at radius 3 is 1.44 bits per heavy atom. The summed E-state index contributed by atoms with van der Waals surface area (Å²) in [5.41, 5.74) is 0. The number of benzene rings is 3. The molecule has 15 heteroatoms. The molecule has 0 N–H and O–H groups in total. The van der Waals surface area contributed by atoms with E-state index in [0.29, 0.717) is 6.10 Å². The van der Waals surface area contributed by atoms with E-state index >= 15 is 0 Å². The van der Waals surface area contributed by atoms with Crippen molar-refractivity contribution in [2.45, 2.75) is 76.2 Å². The molecule has 0 saturated heterocycles. The smallest absolute Gasteiger partial charge is 0.460 e. The van der Waals surface area contributed by atoms with Crippen molar-refractivity contribution in [2.75, 3.05) is 0 Å². The van der Waals surface area contributed by atoms with E-state index in [0.717, 1.165) is 5.75 Å². The topological polar surface area (TPSA) is 66.4 Å². The minimum Gasteiger partial charge on any atom is -0.743 e. The molecule has 1 aliphatic rings. The van der Waals surface area contributed by atoms with E-state index in [2.05, 4.69) is 84.9 Å². The Labute approximate surface area is 245 Å². The lowest BCUT2D eigenvalue weighted by atomic mass is 9.98. The van der Waals surface area contributed by atoms with Gasteiger partial charge in [-0.25, -0.2) is 8.42 Å². The third kappa shape index (κ3) is 7.79. The van der Waals surface area contributed by atoms with Crippen LogP contribution in [0.2, 0.25) is 0 Å². The van der Waals surface area contributed by atoms with Gasteiger partial charge < -0.3 is 9.29 Å². The Bertz CT molecular complexity index is 1370. The van der Waals surface area contributed by atoms with Gasteiger partial charge in [0.05, 0.1) is 17.0 Å². The Morgan fingerprint density at radius 1 is 0.628 bits per heavy atom. The van der Waals surface area contributed by atoms with Crippen LogP contribution < -0.4 is 4.74 Å². The fourth-order valence-corrected chi connectivity index (χ4v) is 6.59. The van der Waals surface area contributed by atoms with Crippen molar-refractivity contribution in [1.82, 2.24) is 0 Å². The molecule has 0 radical (unpaired) electrons. The molecular formula is C28H25F9O4S2. The van der Waals surface area contributed by atoms with Crippen LogP contribution in [0.15, 0.2) is 99.6 Å². The highest BCUT2D eigenvalue weighted by molar-refractivity contribution is 7.97. The number of rotatable bonds is 8. The maximum atomic E-state index is 12.2. The van der Waals surface area contributed by atoms with Crippen LogP contribution in [0.25, 0.3) is 0 Å². The largest absolute Gasteiger partial charge is 0.743 e. The van der Waals surface area contributed by atoms with Crippen LogP contribution in [0.5, 0.6) is 5.75 Å². The van der Waals surface area contributed by atoms with E-state index in [1.165, 1.54) is 46.8 Å². The van der Waals surface area contributed by atoms with E-state index < -0.39 is 33.4 Å². The summed E-state index contributed by atoms with van der Waals surface area (Å²) in [5, 5.41) is -7.11. The van der Waals surface area contributed by atoms with Gasteiger partial charge in [0.25, 0.3) is 0 Å². The first kappa shape index (κ1) is 34.6. The molecule has 0 aliphatic heterocycles. The monoisotopic (exact) mass is 660 g/mol. The molecule has 4 rings (SSSR count). The number of hydrogen-bond donors (Lipinski definition) is 0. The molecule has 0 bridgehead atoms. The molecule has 0 unspecified atom stereocenters. The van der Waals surface area contributed by atoms with Gasteiger partial charge in [-0.2, -0.15) is 39.5 Å². The van der Waals surface area contributed by atoms with Gasteiger partial charge in [0, 0.05) is 0 Å². The molecule has 3 aromatic rings. The van der Waals surface area contributed by atoms with Crippen LogP contribution >= 0.6 is 0 Å². The molecule has 1 fully saturated rings. The van der Waals surface area contributed by atoms with E-state index in [9.17, 15) is 52.5 Å². The summed E-state index contributed by atoms with van der Waals surface area (Å²) in [6.07, 6.45) is -0.417. The summed E-state index contributed by atoms with van der Waals surface area (Å²) in [6, 6.07) is 30.3. The molecule has 0 heterocycles. The first-order valence-electron chi connectivity index (χ1n) is 12.7. The van der Waals surface area contributed by atoms with Crippen molar-refractivity contribution in [3.05, 3.63) is 84.9 Å². The Balaban J connectivity index is 0.000000261. The van der Waals surface area contributed by atoms with Gasteiger partial charge in [0.2, 0.25) is 0 Å². The summed E-state index contributed by atoms with van der Waals surface area (Å²) >= 11 is 0. The van der Waals surface area contributed by atoms with Crippen LogP contribution in [0.1, 0.15) is 32.1 Å². The molecule has 236 valence electrons. The van der Waals surface area contributed by atoms with Crippen molar-refractivity contribution in [2.24, 2.45) is 0 Å². The quantitative estimate of drug-likeness (QED) is 0.138. The summed E-state index contributed by atoms with van der Waals surface area (Å²) in [6.45, 7) is 0. The summed E-state index contributed by atoms with van der Waals surface area (Å²) in [4.78, 5) is 4.03. The van der Waals surface area contributed by atoms with Gasteiger partial charge in [0.15, 0.2) is 24.8 Å². The molecule has 1 aliphatic carbocycles. The van der Waals surface area contributed by atoms with Crippen molar-refractivity contribution in [1.29, 1.82) is 0 Å². The van der Waals surface area contributed by atoms with Crippen molar-refractivity contribution in [3.63, 3.8) is 0 Å². The van der Waals surface area contributed by atoms with Gasteiger partial charge >= 0.3 is 23.3 Å². The standard InChI is InChI=1S/C24H25OS.C4HF9O3S/c1-4-10-20(11-5-1)25-21-16-18-24(19-17-21)26(22-12-6-2-7-13-22)23-14-8-3-9-15-23;5-1(6,3(9,10)11)2(7,8)4(12,13)17(14,15)16/h2-3,6-9,12-20H,1,4-5,10-11H2;(H,14,15,16)/q+1;/p-1. The normalized spacial score (nSPS) is 15.5. The molecule has 0 amide bonds. The Morgan fingerprint density at radius 2 is 1.05 bits per heavy atom.